The van der Waals surface area contributed by atoms with Crippen molar-refractivity contribution in [3.8, 4) is 0 Å². The summed E-state index contributed by atoms with van der Waals surface area (Å²) in [4.78, 5) is 49.1. The summed E-state index contributed by atoms with van der Waals surface area (Å²) < 4.78 is 5.20. The largest absolute Gasteiger partial charge is 0.449 e. The predicted molar refractivity (Wildman–Crippen MR) is 113 cm³/mol. The molecule has 0 radical (unpaired) electrons. The molecule has 2 aromatic carbocycles. The fourth-order valence-electron chi connectivity index (χ4n) is 2.61. The normalized spacial score (nSPS) is 11.2. The molecular weight excluding hydrogens is 386 g/mol. The Morgan fingerprint density at radius 2 is 1.47 bits per heavy atom. The van der Waals surface area contributed by atoms with E-state index in [2.05, 4.69) is 10.6 Å². The summed E-state index contributed by atoms with van der Waals surface area (Å²) in [6, 6.07) is 13.4. The fourth-order valence-corrected chi connectivity index (χ4v) is 2.61. The molecule has 30 heavy (non-hydrogen) atoms. The highest BCUT2D eigenvalue weighted by molar-refractivity contribution is 5.96. The van der Waals surface area contributed by atoms with E-state index in [1.54, 1.807) is 24.3 Å². The summed E-state index contributed by atoms with van der Waals surface area (Å²) in [5.74, 6) is -1.76. The number of nitrogens with zero attached hydrogens (tertiary/aromatic N) is 1. The maximum absolute atomic E-state index is 12.4. The fraction of sp³-hybridized carbons (Fsp3) is 0.273. The molecule has 0 aliphatic heterocycles. The quantitative estimate of drug-likeness (QED) is 0.682. The Kier molecular flexibility index (Phi) is 7.69. The van der Waals surface area contributed by atoms with Crippen LogP contribution in [0.15, 0.2) is 48.5 Å². The Labute approximate surface area is 175 Å². The minimum atomic E-state index is -1.07. The number of amides is 3. The van der Waals surface area contributed by atoms with Gasteiger partial charge in [0.2, 0.25) is 11.8 Å². The van der Waals surface area contributed by atoms with Crippen molar-refractivity contribution in [3.05, 3.63) is 59.7 Å². The number of aryl methyl sites for hydroxylation is 1. The molecule has 8 heteroatoms. The van der Waals surface area contributed by atoms with E-state index in [0.717, 1.165) is 5.56 Å². The molecule has 8 nitrogen and oxygen atoms in total. The van der Waals surface area contributed by atoms with Crippen LogP contribution >= 0.6 is 0 Å². The molecule has 1 atom stereocenters. The summed E-state index contributed by atoms with van der Waals surface area (Å²) in [5.41, 5.74) is 2.49. The van der Waals surface area contributed by atoms with Gasteiger partial charge in [0.25, 0.3) is 5.91 Å². The predicted octanol–water partition coefficient (Wildman–Crippen LogP) is 2.60. The zero-order valence-electron chi connectivity index (χ0n) is 17.4. The van der Waals surface area contributed by atoms with Crippen LogP contribution in [0.25, 0.3) is 0 Å². The van der Waals surface area contributed by atoms with Crippen LogP contribution in [0.4, 0.5) is 11.4 Å². The monoisotopic (exact) mass is 411 g/mol. The first kappa shape index (κ1) is 22.6. The van der Waals surface area contributed by atoms with Crippen molar-refractivity contribution in [1.29, 1.82) is 0 Å². The summed E-state index contributed by atoms with van der Waals surface area (Å²) in [6.07, 6.45) is -1.07. The average molecular weight is 411 g/mol. The van der Waals surface area contributed by atoms with E-state index >= 15 is 0 Å². The second-order valence-electron chi connectivity index (χ2n) is 6.91. The van der Waals surface area contributed by atoms with Crippen LogP contribution in [0.2, 0.25) is 0 Å². The highest BCUT2D eigenvalue weighted by Crippen LogP contribution is 2.12. The smallest absolute Gasteiger partial charge is 0.338 e. The number of nitrogens with one attached hydrogen (secondary N) is 2. The lowest BCUT2D eigenvalue weighted by atomic mass is 10.2. The first-order valence-electron chi connectivity index (χ1n) is 9.36. The van der Waals surface area contributed by atoms with Gasteiger partial charge < -0.3 is 20.3 Å². The molecular formula is C22H25N3O5. The van der Waals surface area contributed by atoms with Crippen molar-refractivity contribution in [3.63, 3.8) is 0 Å². The lowest BCUT2D eigenvalue weighted by Gasteiger charge is -2.21. The van der Waals surface area contributed by atoms with Gasteiger partial charge in [0.15, 0.2) is 6.10 Å². The van der Waals surface area contributed by atoms with E-state index < -0.39 is 18.0 Å². The number of carbonyl (C=O) groups is 4. The summed E-state index contributed by atoms with van der Waals surface area (Å²) in [5, 5.41) is 5.30. The molecule has 0 aliphatic rings. The Balaban J connectivity index is 1.87. The summed E-state index contributed by atoms with van der Waals surface area (Å²) >= 11 is 0. The number of rotatable bonds is 7. The van der Waals surface area contributed by atoms with Crippen molar-refractivity contribution in [2.75, 3.05) is 24.2 Å². The summed E-state index contributed by atoms with van der Waals surface area (Å²) in [6.45, 7) is 4.59. The van der Waals surface area contributed by atoms with Crippen molar-refractivity contribution in [2.24, 2.45) is 0 Å². The van der Waals surface area contributed by atoms with Crippen molar-refractivity contribution < 1.29 is 23.9 Å². The SMILES string of the molecule is CC(=O)Nc1ccc(C(=O)O[C@H](C)C(=O)N(C)CC(=O)Nc2ccc(C)cc2)cc1. The number of esters is 1. The van der Waals surface area contributed by atoms with Crippen LogP contribution in [0.1, 0.15) is 29.8 Å². The maximum atomic E-state index is 12.4. The molecule has 0 saturated heterocycles. The van der Waals surface area contributed by atoms with E-state index in [-0.39, 0.29) is 23.9 Å². The molecule has 0 unspecified atom stereocenters. The van der Waals surface area contributed by atoms with Gasteiger partial charge in [-0.15, -0.1) is 0 Å². The van der Waals surface area contributed by atoms with E-state index in [1.807, 2.05) is 19.1 Å². The molecule has 3 amide bonds. The number of ether oxygens (including phenoxy) is 1. The third-order valence-electron chi connectivity index (χ3n) is 4.16. The Morgan fingerprint density at radius 3 is 2.03 bits per heavy atom. The molecule has 2 rings (SSSR count). The van der Waals surface area contributed by atoms with Crippen LogP contribution in [-0.2, 0) is 19.1 Å². The molecule has 0 aliphatic carbocycles. The van der Waals surface area contributed by atoms with Crippen molar-refractivity contribution in [2.45, 2.75) is 26.9 Å². The molecule has 0 fully saturated rings. The minimum absolute atomic E-state index is 0.181. The second-order valence-corrected chi connectivity index (χ2v) is 6.91. The Morgan fingerprint density at radius 1 is 0.933 bits per heavy atom. The van der Waals surface area contributed by atoms with Gasteiger partial charge in [0.05, 0.1) is 12.1 Å². The topological polar surface area (TPSA) is 105 Å². The molecule has 0 saturated carbocycles. The van der Waals surface area contributed by atoms with Gasteiger partial charge in [-0.1, -0.05) is 17.7 Å². The first-order valence-corrected chi connectivity index (χ1v) is 9.36. The van der Waals surface area contributed by atoms with E-state index in [1.165, 1.54) is 37.9 Å². The molecule has 0 aromatic heterocycles. The van der Waals surface area contributed by atoms with Gasteiger partial charge in [-0.25, -0.2) is 4.79 Å². The molecule has 0 spiro atoms. The maximum Gasteiger partial charge on any atom is 0.338 e. The number of benzene rings is 2. The molecule has 0 heterocycles. The van der Waals surface area contributed by atoms with Crippen LogP contribution in [-0.4, -0.2) is 48.3 Å². The van der Waals surface area contributed by atoms with Gasteiger partial charge >= 0.3 is 5.97 Å². The van der Waals surface area contributed by atoms with Crippen molar-refractivity contribution >= 4 is 35.1 Å². The zero-order valence-corrected chi connectivity index (χ0v) is 17.4. The standard InChI is InChI=1S/C22H25N3O5/c1-14-5-9-19(10-6-14)24-20(27)13-25(4)21(28)15(2)30-22(29)17-7-11-18(12-8-17)23-16(3)26/h5-12,15H,13H2,1-4H3,(H,23,26)(H,24,27)/t15-/m1/s1. The summed E-state index contributed by atoms with van der Waals surface area (Å²) in [7, 11) is 1.46. The number of likely N-dealkylation sites (N-methyl/N-ethyl adjacent to an activating group) is 1. The van der Waals surface area contributed by atoms with E-state index in [9.17, 15) is 19.2 Å². The van der Waals surface area contributed by atoms with Gasteiger partial charge in [-0.05, 0) is 50.2 Å². The highest BCUT2D eigenvalue weighted by Gasteiger charge is 2.23. The van der Waals surface area contributed by atoms with Crippen LogP contribution in [0.3, 0.4) is 0 Å². The Bertz CT molecular complexity index is 923. The number of hydrogen-bond acceptors (Lipinski definition) is 5. The Hall–Kier alpha value is -3.68. The molecule has 2 aromatic rings. The second kappa shape index (κ2) is 10.2. The molecule has 0 bridgehead atoms. The number of anilines is 2. The number of carbonyl (C=O) groups excluding carboxylic acids is 4. The lowest BCUT2D eigenvalue weighted by Crippen LogP contribution is -2.41. The first-order chi connectivity index (χ1) is 14.2. The third-order valence-corrected chi connectivity index (χ3v) is 4.16. The van der Waals surface area contributed by atoms with Crippen LogP contribution in [0, 0.1) is 6.92 Å². The number of hydrogen-bond donors (Lipinski definition) is 2. The van der Waals surface area contributed by atoms with Gasteiger partial charge in [-0.3, -0.25) is 14.4 Å². The van der Waals surface area contributed by atoms with E-state index in [4.69, 9.17) is 4.74 Å². The highest BCUT2D eigenvalue weighted by atomic mass is 16.5. The molecule has 158 valence electrons. The molecule has 2 N–H and O–H groups in total. The van der Waals surface area contributed by atoms with Crippen LogP contribution in [0.5, 0.6) is 0 Å². The van der Waals surface area contributed by atoms with Crippen molar-refractivity contribution in [1.82, 2.24) is 4.90 Å². The van der Waals surface area contributed by atoms with Gasteiger partial charge in [0, 0.05) is 25.3 Å². The average Bonchev–Trinajstić information content (AvgIpc) is 2.69. The zero-order chi connectivity index (χ0) is 22.3. The lowest BCUT2D eigenvalue weighted by molar-refractivity contribution is -0.140. The van der Waals surface area contributed by atoms with Crippen LogP contribution < -0.4 is 10.6 Å². The van der Waals surface area contributed by atoms with Gasteiger partial charge in [-0.2, -0.15) is 0 Å². The van der Waals surface area contributed by atoms with E-state index in [0.29, 0.717) is 11.4 Å². The van der Waals surface area contributed by atoms with Gasteiger partial charge in [0.1, 0.15) is 0 Å². The third kappa shape index (κ3) is 6.73. The minimum Gasteiger partial charge on any atom is -0.449 e.